The predicted molar refractivity (Wildman–Crippen MR) is 156 cm³/mol. The van der Waals surface area contributed by atoms with Crippen molar-refractivity contribution in [2.45, 2.75) is 72.8 Å². The van der Waals surface area contributed by atoms with Gasteiger partial charge in [-0.2, -0.15) is 0 Å². The summed E-state index contributed by atoms with van der Waals surface area (Å²) in [4.78, 5) is 38.4. The number of carbonyl (C=O) groups excluding carboxylic acids is 3. The summed E-state index contributed by atoms with van der Waals surface area (Å²) in [5.74, 6) is -1.82. The van der Waals surface area contributed by atoms with E-state index in [0.29, 0.717) is 12.0 Å². The summed E-state index contributed by atoms with van der Waals surface area (Å²) in [6, 6.07) is 7.19. The molecule has 2 amide bonds. The van der Waals surface area contributed by atoms with Gasteiger partial charge in [-0.25, -0.2) is 18.2 Å². The monoisotopic (exact) mass is 600 g/mol. The van der Waals surface area contributed by atoms with Crippen LogP contribution in [0.3, 0.4) is 0 Å². The first-order valence-electron chi connectivity index (χ1n) is 13.7. The molecule has 234 valence electrons. The minimum atomic E-state index is -3.50. The van der Waals surface area contributed by atoms with Gasteiger partial charge in [-0.15, -0.1) is 0 Å². The van der Waals surface area contributed by atoms with Crippen LogP contribution in [0, 0.1) is 11.3 Å². The first kappa shape index (κ1) is 36.3. The molecule has 2 atom stereocenters. The number of nitrogens with one attached hydrogen (secondary N) is 1. The Kier molecular flexibility index (Phi) is 13.3. The molecule has 2 unspecified atom stereocenters. The lowest BCUT2D eigenvalue weighted by molar-refractivity contribution is -0.147. The lowest BCUT2D eigenvalue weighted by Crippen LogP contribution is -2.53. The second-order valence-electron chi connectivity index (χ2n) is 12.3. The van der Waals surface area contributed by atoms with Crippen molar-refractivity contribution in [1.29, 1.82) is 0 Å². The number of amides is 2. The van der Waals surface area contributed by atoms with Gasteiger partial charge in [0.15, 0.2) is 9.84 Å². The fourth-order valence-corrected chi connectivity index (χ4v) is 5.77. The summed E-state index contributed by atoms with van der Waals surface area (Å²) in [7, 11) is -2.12. The Morgan fingerprint density at radius 1 is 1.07 bits per heavy atom. The highest BCUT2D eigenvalue weighted by molar-refractivity contribution is 7.91. The van der Waals surface area contributed by atoms with Crippen LogP contribution in [0.4, 0.5) is 4.79 Å². The molecule has 1 aromatic carbocycles. The van der Waals surface area contributed by atoms with Gasteiger partial charge in [0.1, 0.15) is 5.60 Å². The summed E-state index contributed by atoms with van der Waals surface area (Å²) < 4.78 is 41.0. The van der Waals surface area contributed by atoms with Gasteiger partial charge in [-0.1, -0.05) is 45.0 Å². The quantitative estimate of drug-likeness (QED) is 0.243. The molecule has 0 aliphatic carbocycles. The van der Waals surface area contributed by atoms with E-state index in [2.05, 4.69) is 5.43 Å². The Labute approximate surface area is 244 Å². The Balaban J connectivity index is 3.27. The molecule has 2 N–H and O–H groups in total. The third-order valence-electron chi connectivity index (χ3n) is 6.13. The van der Waals surface area contributed by atoms with Crippen LogP contribution in [0.2, 0.25) is 0 Å². The van der Waals surface area contributed by atoms with E-state index < -0.39 is 50.8 Å². The van der Waals surface area contributed by atoms with Crippen molar-refractivity contribution in [3.8, 4) is 0 Å². The second-order valence-corrected chi connectivity index (χ2v) is 14.5. The van der Waals surface area contributed by atoms with E-state index in [4.69, 9.17) is 19.3 Å². The number of aliphatic hydroxyl groups is 1. The summed E-state index contributed by atoms with van der Waals surface area (Å²) in [5, 5.41) is 10.0. The fraction of sp³-hybridized carbons (Fsp3) is 0.690. The number of nitrogens with zero attached hydrogens (tertiary/aromatic N) is 1. The zero-order valence-electron chi connectivity index (χ0n) is 25.9. The van der Waals surface area contributed by atoms with Crippen molar-refractivity contribution < 1.29 is 42.1 Å². The van der Waals surface area contributed by atoms with Crippen LogP contribution in [-0.2, 0) is 45.5 Å². The first-order valence-corrected chi connectivity index (χ1v) is 15.5. The molecule has 11 nitrogen and oxygen atoms in total. The summed E-state index contributed by atoms with van der Waals surface area (Å²) >= 11 is 0. The average Bonchev–Trinajstić information content (AvgIpc) is 2.82. The van der Waals surface area contributed by atoms with E-state index in [1.54, 1.807) is 67.5 Å². The van der Waals surface area contributed by atoms with Gasteiger partial charge in [-0.3, -0.25) is 15.0 Å². The van der Waals surface area contributed by atoms with Gasteiger partial charge < -0.3 is 19.3 Å². The summed E-state index contributed by atoms with van der Waals surface area (Å²) in [6.45, 7) is 13.5. The van der Waals surface area contributed by atoms with Crippen LogP contribution in [0.1, 0.15) is 66.5 Å². The molecule has 0 radical (unpaired) electrons. The van der Waals surface area contributed by atoms with Gasteiger partial charge in [0.05, 0.1) is 49.3 Å². The number of hydrogen-bond donors (Lipinski definition) is 2. The number of sulfone groups is 1. The molecule has 41 heavy (non-hydrogen) atoms. The number of hydrazine groups is 1. The molecule has 0 heterocycles. The zero-order valence-corrected chi connectivity index (χ0v) is 26.7. The van der Waals surface area contributed by atoms with Crippen molar-refractivity contribution in [1.82, 2.24) is 10.4 Å². The topological polar surface area (TPSA) is 149 Å². The highest BCUT2D eigenvalue weighted by Crippen LogP contribution is 2.29. The van der Waals surface area contributed by atoms with E-state index in [-0.39, 0.29) is 37.3 Å². The van der Waals surface area contributed by atoms with E-state index in [1.165, 1.54) is 7.05 Å². The minimum absolute atomic E-state index is 0.0159. The van der Waals surface area contributed by atoms with Crippen LogP contribution in [0.25, 0.3) is 0 Å². The largest absolute Gasteiger partial charge is 0.466 e. The number of carbonyl (C=O) groups is 3. The molecule has 0 fully saturated rings. The van der Waals surface area contributed by atoms with E-state index in [1.807, 2.05) is 12.1 Å². The standard InChI is InChI=1S/C29H48N2O9S/c1-10-39-24(33)21(2)16-22-12-11-13-23(17-22)29(8,25(34)30-31(9)26(35)40-27(3,4)5)19-38-18-28(6,7)20-41(36,37)15-14-32/h11-13,17,21,32H,10,14-16,18-20H2,1-9H3,(H,30,34). The molecule has 0 aliphatic rings. The van der Waals surface area contributed by atoms with Crippen LogP contribution in [0.15, 0.2) is 24.3 Å². The first-order chi connectivity index (χ1) is 18.7. The molecule has 0 bridgehead atoms. The molecular formula is C29H48N2O9S. The van der Waals surface area contributed by atoms with Crippen LogP contribution < -0.4 is 5.43 Å². The third kappa shape index (κ3) is 12.4. The van der Waals surface area contributed by atoms with Crippen molar-refractivity contribution in [2.75, 3.05) is 45.0 Å². The summed E-state index contributed by atoms with van der Waals surface area (Å²) in [5.41, 5.74) is 1.08. The number of benzene rings is 1. The maximum Gasteiger partial charge on any atom is 0.428 e. The summed E-state index contributed by atoms with van der Waals surface area (Å²) in [6.07, 6.45) is -0.361. The molecule has 0 aromatic heterocycles. The van der Waals surface area contributed by atoms with Crippen molar-refractivity contribution in [3.05, 3.63) is 35.4 Å². The van der Waals surface area contributed by atoms with Crippen LogP contribution >= 0.6 is 0 Å². The molecule has 1 aromatic rings. The highest BCUT2D eigenvalue weighted by atomic mass is 32.2. The maximum atomic E-state index is 13.7. The Morgan fingerprint density at radius 2 is 1.71 bits per heavy atom. The normalized spacial score (nSPS) is 14.5. The maximum absolute atomic E-state index is 13.7. The minimum Gasteiger partial charge on any atom is -0.466 e. The Morgan fingerprint density at radius 3 is 2.27 bits per heavy atom. The number of rotatable bonds is 14. The molecule has 0 aliphatic heterocycles. The van der Waals surface area contributed by atoms with Gasteiger partial charge in [0, 0.05) is 12.5 Å². The fourth-order valence-electron chi connectivity index (χ4n) is 4.07. The van der Waals surface area contributed by atoms with Crippen molar-refractivity contribution in [3.63, 3.8) is 0 Å². The van der Waals surface area contributed by atoms with Gasteiger partial charge >= 0.3 is 12.1 Å². The Hall–Kier alpha value is -2.70. The van der Waals surface area contributed by atoms with E-state index in [9.17, 15) is 22.8 Å². The lowest BCUT2D eigenvalue weighted by atomic mass is 9.81. The molecule has 0 saturated heterocycles. The van der Waals surface area contributed by atoms with Gasteiger partial charge in [0.25, 0.3) is 5.91 Å². The van der Waals surface area contributed by atoms with Gasteiger partial charge in [0.2, 0.25) is 0 Å². The van der Waals surface area contributed by atoms with Crippen LogP contribution in [0.5, 0.6) is 0 Å². The van der Waals surface area contributed by atoms with Crippen molar-refractivity contribution in [2.24, 2.45) is 11.3 Å². The Bertz CT molecular complexity index is 1150. The van der Waals surface area contributed by atoms with Crippen LogP contribution in [-0.4, -0.2) is 87.1 Å². The number of hydrogen-bond acceptors (Lipinski definition) is 9. The number of aliphatic hydroxyl groups excluding tert-OH is 1. The smallest absolute Gasteiger partial charge is 0.428 e. The van der Waals surface area contributed by atoms with E-state index >= 15 is 0 Å². The SMILES string of the molecule is CCOC(=O)C(C)Cc1cccc(C(C)(COCC(C)(C)CS(=O)(=O)CCO)C(=O)NN(C)C(=O)OC(C)(C)C)c1. The predicted octanol–water partition coefficient (Wildman–Crippen LogP) is 3.03. The average molecular weight is 601 g/mol. The molecular weight excluding hydrogens is 552 g/mol. The van der Waals surface area contributed by atoms with Gasteiger partial charge in [-0.05, 0) is 52.2 Å². The highest BCUT2D eigenvalue weighted by Gasteiger charge is 2.39. The van der Waals surface area contributed by atoms with E-state index in [0.717, 1.165) is 10.6 Å². The third-order valence-corrected chi connectivity index (χ3v) is 8.16. The van der Waals surface area contributed by atoms with Crippen molar-refractivity contribution >= 4 is 27.8 Å². The zero-order chi connectivity index (χ0) is 31.6. The number of ether oxygens (including phenoxy) is 3. The second kappa shape index (κ2) is 15.0. The lowest BCUT2D eigenvalue weighted by Gasteiger charge is -2.33. The molecule has 0 spiro atoms. The number of esters is 1. The molecule has 12 heteroatoms. The molecule has 1 rings (SSSR count). The molecule has 0 saturated carbocycles.